The van der Waals surface area contributed by atoms with Crippen LogP contribution in [0.4, 0.5) is 11.4 Å². The number of amides is 2. The number of oxazole rings is 1. The summed E-state index contributed by atoms with van der Waals surface area (Å²) in [5, 5.41) is 2.88. The zero-order valence-electron chi connectivity index (χ0n) is 15.9. The molecule has 0 fully saturated rings. The number of para-hydroxylation sites is 1. The van der Waals surface area contributed by atoms with Crippen LogP contribution in [-0.4, -0.2) is 23.3 Å². The standard InChI is InChI=1S/C22H21N3O3/c1-14-7-9-17(11-18(14)22-23-15(2)13-28-22)24-20(26)12-25-19-6-4-3-5-16(19)8-10-21(25)27/h3-7,9,11,13H,8,10,12H2,1-2H3,(H,24,26). The van der Waals surface area contributed by atoms with Crippen molar-refractivity contribution in [1.29, 1.82) is 0 Å². The molecule has 1 N–H and O–H groups in total. The molecule has 0 saturated carbocycles. The van der Waals surface area contributed by atoms with Crippen molar-refractivity contribution in [2.75, 3.05) is 16.8 Å². The highest BCUT2D eigenvalue weighted by molar-refractivity contribution is 6.04. The minimum atomic E-state index is -0.247. The normalized spacial score (nSPS) is 13.4. The molecule has 0 radical (unpaired) electrons. The number of hydrogen-bond donors (Lipinski definition) is 1. The fourth-order valence-corrected chi connectivity index (χ4v) is 3.42. The van der Waals surface area contributed by atoms with E-state index in [0.29, 0.717) is 24.4 Å². The molecule has 0 spiro atoms. The third-order valence-corrected chi connectivity index (χ3v) is 4.86. The average Bonchev–Trinajstić information content (AvgIpc) is 3.12. The molecule has 2 amide bonds. The number of carbonyl (C=O) groups is 2. The van der Waals surface area contributed by atoms with Gasteiger partial charge in [-0.2, -0.15) is 0 Å². The lowest BCUT2D eigenvalue weighted by atomic mass is 10.0. The van der Waals surface area contributed by atoms with Gasteiger partial charge in [0.25, 0.3) is 0 Å². The Morgan fingerprint density at radius 2 is 2.00 bits per heavy atom. The van der Waals surface area contributed by atoms with E-state index in [-0.39, 0.29) is 18.4 Å². The van der Waals surface area contributed by atoms with E-state index < -0.39 is 0 Å². The van der Waals surface area contributed by atoms with Crippen molar-refractivity contribution in [3.63, 3.8) is 0 Å². The van der Waals surface area contributed by atoms with Crippen molar-refractivity contribution in [3.05, 3.63) is 65.5 Å². The maximum atomic E-state index is 12.6. The average molecular weight is 375 g/mol. The number of fused-ring (bicyclic) bond motifs is 1. The Balaban J connectivity index is 1.52. The Morgan fingerprint density at radius 3 is 2.79 bits per heavy atom. The van der Waals surface area contributed by atoms with Crippen LogP contribution in [0, 0.1) is 13.8 Å². The van der Waals surface area contributed by atoms with Gasteiger partial charge in [-0.1, -0.05) is 24.3 Å². The van der Waals surface area contributed by atoms with E-state index in [0.717, 1.165) is 28.1 Å². The molecule has 1 aromatic heterocycles. The maximum Gasteiger partial charge on any atom is 0.244 e. The van der Waals surface area contributed by atoms with E-state index >= 15 is 0 Å². The molecule has 0 bridgehead atoms. The molecule has 4 rings (SSSR count). The molecule has 2 heterocycles. The molecule has 3 aromatic rings. The van der Waals surface area contributed by atoms with E-state index in [1.165, 1.54) is 0 Å². The number of carbonyl (C=O) groups excluding carboxylic acids is 2. The van der Waals surface area contributed by atoms with E-state index in [9.17, 15) is 9.59 Å². The van der Waals surface area contributed by atoms with E-state index in [2.05, 4.69) is 10.3 Å². The molecule has 2 aromatic carbocycles. The fourth-order valence-electron chi connectivity index (χ4n) is 3.42. The predicted molar refractivity (Wildman–Crippen MR) is 107 cm³/mol. The number of aromatic nitrogens is 1. The van der Waals surface area contributed by atoms with Crippen molar-refractivity contribution in [2.24, 2.45) is 0 Å². The van der Waals surface area contributed by atoms with Crippen LogP contribution in [0.15, 0.2) is 53.1 Å². The summed E-state index contributed by atoms with van der Waals surface area (Å²) in [5.41, 5.74) is 5.16. The fraction of sp³-hybridized carbons (Fsp3) is 0.227. The van der Waals surface area contributed by atoms with Crippen LogP contribution in [-0.2, 0) is 16.0 Å². The van der Waals surface area contributed by atoms with Crippen molar-refractivity contribution in [3.8, 4) is 11.5 Å². The van der Waals surface area contributed by atoms with Gasteiger partial charge in [0.2, 0.25) is 17.7 Å². The van der Waals surface area contributed by atoms with Gasteiger partial charge in [-0.15, -0.1) is 0 Å². The van der Waals surface area contributed by atoms with Gasteiger partial charge in [-0.3, -0.25) is 9.59 Å². The Kier molecular flexibility index (Phi) is 4.69. The van der Waals surface area contributed by atoms with Gasteiger partial charge in [0, 0.05) is 23.4 Å². The largest absolute Gasteiger partial charge is 0.444 e. The van der Waals surface area contributed by atoms with Crippen molar-refractivity contribution >= 4 is 23.2 Å². The number of aryl methyl sites for hydroxylation is 3. The first-order valence-corrected chi connectivity index (χ1v) is 9.22. The van der Waals surface area contributed by atoms with Crippen molar-refractivity contribution < 1.29 is 14.0 Å². The topological polar surface area (TPSA) is 75.4 Å². The predicted octanol–water partition coefficient (Wildman–Crippen LogP) is 3.88. The van der Waals surface area contributed by atoms with Gasteiger partial charge in [0.1, 0.15) is 12.8 Å². The summed E-state index contributed by atoms with van der Waals surface area (Å²) in [6, 6.07) is 13.3. The minimum Gasteiger partial charge on any atom is -0.444 e. The molecule has 0 aliphatic carbocycles. The molecular weight excluding hydrogens is 354 g/mol. The van der Waals surface area contributed by atoms with E-state index in [1.54, 1.807) is 11.2 Å². The second-order valence-corrected chi connectivity index (χ2v) is 6.98. The molecule has 1 aliphatic rings. The first kappa shape index (κ1) is 18.0. The number of anilines is 2. The molecule has 28 heavy (non-hydrogen) atoms. The molecule has 0 saturated heterocycles. The number of nitrogens with zero attached hydrogens (tertiary/aromatic N) is 2. The summed E-state index contributed by atoms with van der Waals surface area (Å²) in [6.45, 7) is 3.81. The lowest BCUT2D eigenvalue weighted by Crippen LogP contribution is -2.40. The third kappa shape index (κ3) is 3.53. The van der Waals surface area contributed by atoms with E-state index in [1.807, 2.05) is 56.3 Å². The summed E-state index contributed by atoms with van der Waals surface area (Å²) < 4.78 is 5.49. The zero-order chi connectivity index (χ0) is 19.7. The second-order valence-electron chi connectivity index (χ2n) is 6.98. The van der Waals surface area contributed by atoms with Gasteiger partial charge in [-0.25, -0.2) is 4.98 Å². The van der Waals surface area contributed by atoms with Gasteiger partial charge in [0.05, 0.1) is 5.69 Å². The molecule has 142 valence electrons. The van der Waals surface area contributed by atoms with Crippen molar-refractivity contribution in [1.82, 2.24) is 4.98 Å². The summed E-state index contributed by atoms with van der Waals surface area (Å²) >= 11 is 0. The molecule has 1 aliphatic heterocycles. The number of benzene rings is 2. The highest BCUT2D eigenvalue weighted by Gasteiger charge is 2.25. The van der Waals surface area contributed by atoms with Crippen LogP contribution in [0.2, 0.25) is 0 Å². The number of hydrogen-bond acceptors (Lipinski definition) is 4. The molecular formula is C22H21N3O3. The van der Waals surface area contributed by atoms with Crippen LogP contribution >= 0.6 is 0 Å². The third-order valence-electron chi connectivity index (χ3n) is 4.86. The summed E-state index contributed by atoms with van der Waals surface area (Å²) in [4.78, 5) is 30.9. The summed E-state index contributed by atoms with van der Waals surface area (Å²) in [5.74, 6) is 0.239. The highest BCUT2D eigenvalue weighted by atomic mass is 16.3. The van der Waals surface area contributed by atoms with Gasteiger partial charge >= 0.3 is 0 Å². The first-order chi connectivity index (χ1) is 13.5. The number of nitrogens with one attached hydrogen (secondary N) is 1. The van der Waals surface area contributed by atoms with Gasteiger partial charge < -0.3 is 14.6 Å². The number of rotatable bonds is 4. The Morgan fingerprint density at radius 1 is 1.18 bits per heavy atom. The van der Waals surface area contributed by atoms with Gasteiger partial charge in [0.15, 0.2) is 0 Å². The van der Waals surface area contributed by atoms with Gasteiger partial charge in [-0.05, 0) is 49.6 Å². The van der Waals surface area contributed by atoms with Crippen LogP contribution in [0.1, 0.15) is 23.2 Å². The van der Waals surface area contributed by atoms with Crippen LogP contribution in [0.25, 0.3) is 11.5 Å². The second kappa shape index (κ2) is 7.31. The lowest BCUT2D eigenvalue weighted by molar-refractivity contribution is -0.121. The van der Waals surface area contributed by atoms with Crippen LogP contribution < -0.4 is 10.2 Å². The highest BCUT2D eigenvalue weighted by Crippen LogP contribution is 2.28. The first-order valence-electron chi connectivity index (χ1n) is 9.22. The monoisotopic (exact) mass is 375 g/mol. The molecule has 0 atom stereocenters. The molecule has 0 unspecified atom stereocenters. The lowest BCUT2D eigenvalue weighted by Gasteiger charge is -2.28. The quantitative estimate of drug-likeness (QED) is 0.751. The summed E-state index contributed by atoms with van der Waals surface area (Å²) in [6.07, 6.45) is 2.73. The minimum absolute atomic E-state index is 0.0167. The van der Waals surface area contributed by atoms with E-state index in [4.69, 9.17) is 4.42 Å². The van der Waals surface area contributed by atoms with Crippen molar-refractivity contribution in [2.45, 2.75) is 26.7 Å². The SMILES string of the molecule is Cc1coc(-c2cc(NC(=O)CN3C(=O)CCc4ccccc43)ccc2C)n1. The Hall–Kier alpha value is -3.41. The van der Waals surface area contributed by atoms with Crippen LogP contribution in [0.3, 0.4) is 0 Å². The molecule has 6 nitrogen and oxygen atoms in total. The van der Waals surface area contributed by atoms with Crippen LogP contribution in [0.5, 0.6) is 0 Å². The summed E-state index contributed by atoms with van der Waals surface area (Å²) in [7, 11) is 0. The smallest absolute Gasteiger partial charge is 0.244 e. The Bertz CT molecular complexity index is 1050. The Labute approximate surface area is 163 Å². The maximum absolute atomic E-state index is 12.6. The molecule has 6 heteroatoms. The zero-order valence-corrected chi connectivity index (χ0v) is 15.9.